The summed E-state index contributed by atoms with van der Waals surface area (Å²) in [5, 5.41) is 4.82. The molecule has 22 heavy (non-hydrogen) atoms. The highest BCUT2D eigenvalue weighted by molar-refractivity contribution is 5.86. The Morgan fingerprint density at radius 1 is 1.32 bits per heavy atom. The Bertz CT molecular complexity index is 589. The maximum Gasteiger partial charge on any atom is 0.416 e. The van der Waals surface area contributed by atoms with Crippen LogP contribution < -0.4 is 16.4 Å². The predicted octanol–water partition coefficient (Wildman–Crippen LogP) is 1.73. The van der Waals surface area contributed by atoms with E-state index in [0.29, 0.717) is 6.42 Å². The zero-order valence-corrected chi connectivity index (χ0v) is 11.8. The van der Waals surface area contributed by atoms with E-state index in [1.54, 1.807) is 6.07 Å². The second-order valence-electron chi connectivity index (χ2n) is 5.27. The van der Waals surface area contributed by atoms with Gasteiger partial charge in [-0.3, -0.25) is 4.79 Å². The van der Waals surface area contributed by atoms with Gasteiger partial charge < -0.3 is 16.4 Å². The summed E-state index contributed by atoms with van der Waals surface area (Å²) >= 11 is 0. The van der Waals surface area contributed by atoms with Gasteiger partial charge in [0.1, 0.15) is 6.04 Å². The van der Waals surface area contributed by atoms with Gasteiger partial charge in [0.2, 0.25) is 5.91 Å². The predicted molar refractivity (Wildman–Crippen MR) is 72.9 cm³/mol. The first-order valence-electron chi connectivity index (χ1n) is 6.72. The van der Waals surface area contributed by atoms with Crippen molar-refractivity contribution < 1.29 is 22.8 Å². The summed E-state index contributed by atoms with van der Waals surface area (Å²) in [5.74, 6) is -0.849. The van der Waals surface area contributed by atoms with Gasteiger partial charge in [0, 0.05) is 12.0 Å². The highest BCUT2D eigenvalue weighted by atomic mass is 19.4. The quantitative estimate of drug-likeness (QED) is 0.790. The second kappa shape index (κ2) is 5.86. The van der Waals surface area contributed by atoms with Crippen molar-refractivity contribution >= 4 is 11.9 Å². The maximum atomic E-state index is 12.9. The number of carbonyl (C=O) groups excluding carboxylic acids is 2. The van der Waals surface area contributed by atoms with E-state index in [4.69, 9.17) is 5.73 Å². The van der Waals surface area contributed by atoms with E-state index in [-0.39, 0.29) is 17.5 Å². The van der Waals surface area contributed by atoms with Crippen LogP contribution in [0.1, 0.15) is 30.4 Å². The van der Waals surface area contributed by atoms with Gasteiger partial charge in [-0.25, -0.2) is 4.79 Å². The number of rotatable bonds is 4. The van der Waals surface area contributed by atoms with Gasteiger partial charge in [-0.1, -0.05) is 18.2 Å². The molecule has 0 unspecified atom stereocenters. The van der Waals surface area contributed by atoms with Gasteiger partial charge in [-0.05, 0) is 25.0 Å². The molecule has 0 spiro atoms. The van der Waals surface area contributed by atoms with Gasteiger partial charge in [0.25, 0.3) is 0 Å². The van der Waals surface area contributed by atoms with Crippen LogP contribution in [0.4, 0.5) is 18.0 Å². The molecule has 2 rings (SSSR count). The van der Waals surface area contributed by atoms with Gasteiger partial charge in [0.15, 0.2) is 0 Å². The molecule has 1 aliphatic rings. The topological polar surface area (TPSA) is 84.2 Å². The first-order chi connectivity index (χ1) is 10.2. The number of hydrogen-bond acceptors (Lipinski definition) is 2. The van der Waals surface area contributed by atoms with Crippen LogP contribution in [0, 0.1) is 0 Å². The fourth-order valence-corrected chi connectivity index (χ4v) is 2.36. The fraction of sp³-hybridized carbons (Fsp3) is 0.429. The molecule has 1 saturated carbocycles. The highest BCUT2D eigenvalue weighted by Gasteiger charge is 2.45. The second-order valence-corrected chi connectivity index (χ2v) is 5.27. The molecule has 1 aromatic rings. The lowest BCUT2D eigenvalue weighted by molar-refractivity contribution is -0.138. The molecule has 120 valence electrons. The third-order valence-electron chi connectivity index (χ3n) is 3.54. The Kier molecular flexibility index (Phi) is 4.30. The molecule has 1 aliphatic carbocycles. The van der Waals surface area contributed by atoms with Crippen molar-refractivity contribution in [2.75, 3.05) is 0 Å². The number of alkyl halides is 3. The number of primary amides is 1. The molecule has 0 aromatic heterocycles. The van der Waals surface area contributed by atoms with Crippen LogP contribution in [-0.4, -0.2) is 24.0 Å². The zero-order chi connectivity index (χ0) is 16.5. The molecule has 1 fully saturated rings. The van der Waals surface area contributed by atoms with Crippen molar-refractivity contribution in [2.24, 2.45) is 5.73 Å². The van der Waals surface area contributed by atoms with Crippen molar-refractivity contribution in [3.05, 3.63) is 35.4 Å². The molecule has 0 heterocycles. The van der Waals surface area contributed by atoms with Crippen LogP contribution in [0.3, 0.4) is 0 Å². The third-order valence-corrected chi connectivity index (χ3v) is 3.54. The van der Waals surface area contributed by atoms with Gasteiger partial charge in [-0.2, -0.15) is 13.2 Å². The number of benzene rings is 1. The molecule has 5 nitrogen and oxygen atoms in total. The van der Waals surface area contributed by atoms with Crippen LogP contribution in [0.25, 0.3) is 0 Å². The summed E-state index contributed by atoms with van der Waals surface area (Å²) in [6.07, 6.45) is -3.99. The van der Waals surface area contributed by atoms with Crippen molar-refractivity contribution in [1.29, 1.82) is 0 Å². The molecule has 4 N–H and O–H groups in total. The molecule has 0 bridgehead atoms. The summed E-state index contributed by atoms with van der Waals surface area (Å²) in [6.45, 7) is 1.45. The number of carbonyl (C=O) groups is 2. The van der Waals surface area contributed by atoms with Crippen molar-refractivity contribution in [3.8, 4) is 0 Å². The van der Waals surface area contributed by atoms with Gasteiger partial charge in [0.05, 0.1) is 5.56 Å². The number of nitrogens with one attached hydrogen (secondary N) is 2. The molecule has 1 aromatic carbocycles. The van der Waals surface area contributed by atoms with Crippen LogP contribution in [0.5, 0.6) is 0 Å². The Morgan fingerprint density at radius 2 is 1.95 bits per heavy atom. The van der Waals surface area contributed by atoms with E-state index in [1.165, 1.54) is 19.1 Å². The van der Waals surface area contributed by atoms with Crippen molar-refractivity contribution in [3.63, 3.8) is 0 Å². The number of halogens is 3. The third kappa shape index (κ3) is 3.69. The molecule has 3 atom stereocenters. The largest absolute Gasteiger partial charge is 0.416 e. The van der Waals surface area contributed by atoms with Crippen LogP contribution >= 0.6 is 0 Å². The minimum Gasteiger partial charge on any atom is -0.352 e. The Labute approximate surface area is 125 Å². The molecule has 3 amide bonds. The molecular formula is C14H16F3N3O2. The summed E-state index contributed by atoms with van der Waals surface area (Å²) in [7, 11) is 0. The van der Waals surface area contributed by atoms with Crippen molar-refractivity contribution in [1.82, 2.24) is 10.6 Å². The van der Waals surface area contributed by atoms with Crippen LogP contribution in [-0.2, 0) is 11.0 Å². The van der Waals surface area contributed by atoms with Gasteiger partial charge in [-0.15, -0.1) is 0 Å². The monoisotopic (exact) mass is 315 g/mol. The average molecular weight is 315 g/mol. The molecule has 8 heteroatoms. The lowest BCUT2D eigenvalue weighted by atomic mass is 10.0. The summed E-state index contributed by atoms with van der Waals surface area (Å²) in [6, 6.07) is 3.29. The zero-order valence-electron chi connectivity index (χ0n) is 11.8. The van der Waals surface area contributed by atoms with E-state index in [0.717, 1.165) is 6.07 Å². The average Bonchev–Trinajstić information content (AvgIpc) is 3.16. The number of hydrogen-bond donors (Lipinski definition) is 3. The Morgan fingerprint density at radius 3 is 2.55 bits per heavy atom. The highest BCUT2D eigenvalue weighted by Crippen LogP contribution is 2.46. The number of urea groups is 1. The summed E-state index contributed by atoms with van der Waals surface area (Å²) in [5.41, 5.74) is 4.40. The van der Waals surface area contributed by atoms with E-state index in [2.05, 4.69) is 10.6 Å². The van der Waals surface area contributed by atoms with Crippen LogP contribution in [0.2, 0.25) is 0 Å². The normalized spacial score (nSPS) is 21.8. The minimum absolute atomic E-state index is 0.177. The van der Waals surface area contributed by atoms with Gasteiger partial charge >= 0.3 is 12.2 Å². The fourth-order valence-electron chi connectivity index (χ4n) is 2.36. The number of nitrogens with two attached hydrogens (primary N) is 1. The molecule has 0 saturated heterocycles. The first-order valence-corrected chi connectivity index (χ1v) is 6.72. The Balaban J connectivity index is 2.02. The van der Waals surface area contributed by atoms with Crippen molar-refractivity contribution in [2.45, 2.75) is 37.5 Å². The lowest BCUT2D eigenvalue weighted by Gasteiger charge is -2.14. The minimum atomic E-state index is -4.42. The molecule has 0 aliphatic heterocycles. The maximum absolute atomic E-state index is 12.9. The van der Waals surface area contributed by atoms with E-state index in [9.17, 15) is 22.8 Å². The first kappa shape index (κ1) is 16.1. The Hall–Kier alpha value is -2.25. The summed E-state index contributed by atoms with van der Waals surface area (Å²) in [4.78, 5) is 22.4. The van der Waals surface area contributed by atoms with E-state index in [1.807, 2.05) is 0 Å². The summed E-state index contributed by atoms with van der Waals surface area (Å²) < 4.78 is 38.8. The molecular weight excluding hydrogens is 299 g/mol. The number of amides is 3. The lowest BCUT2D eigenvalue weighted by Crippen LogP contribution is -2.47. The molecule has 0 radical (unpaired) electrons. The smallest absolute Gasteiger partial charge is 0.352 e. The van der Waals surface area contributed by atoms with E-state index < -0.39 is 29.7 Å². The standard InChI is InChI=1S/C14H16F3N3O2/c1-7(19-13(18)22)12(21)20-11-6-9(11)8-4-2-3-5-10(8)14(15,16)17/h2-5,7,9,11H,6H2,1H3,(H,20,21)(H3,18,19,22)/t7-,9-,11-/m0/s1. The SMILES string of the molecule is C[C@H](NC(N)=O)C(=O)N[C@H]1C[C@H]1c1ccccc1C(F)(F)F. The van der Waals surface area contributed by atoms with E-state index >= 15 is 0 Å². The van der Waals surface area contributed by atoms with Crippen LogP contribution in [0.15, 0.2) is 24.3 Å².